The van der Waals surface area contributed by atoms with Crippen molar-refractivity contribution in [2.75, 3.05) is 6.54 Å². The molecular formula is C7H15NO2. The zero-order valence-corrected chi connectivity index (χ0v) is 6.76. The third-order valence-electron chi connectivity index (χ3n) is 1.26. The predicted octanol–water partition coefficient (Wildman–Crippen LogP) is 0.703. The summed E-state index contributed by atoms with van der Waals surface area (Å²) in [5.41, 5.74) is 0. The van der Waals surface area contributed by atoms with Crippen molar-refractivity contribution in [2.24, 2.45) is 0 Å². The molecule has 1 rings (SSSR count). The standard InChI is InChI=1S/C7H15NO2/c1-4-8-6-7(10-6)9-5(2)3/h5-8H,4H2,1-3H3. The van der Waals surface area contributed by atoms with Gasteiger partial charge >= 0.3 is 0 Å². The summed E-state index contributed by atoms with van der Waals surface area (Å²) in [7, 11) is 0. The Bertz CT molecular complexity index is 106. The Morgan fingerprint density at radius 2 is 2.30 bits per heavy atom. The maximum atomic E-state index is 5.34. The molecule has 0 radical (unpaired) electrons. The lowest BCUT2D eigenvalue weighted by Gasteiger charge is -2.02. The number of nitrogens with one attached hydrogen (secondary N) is 1. The van der Waals surface area contributed by atoms with Crippen LogP contribution in [0.2, 0.25) is 0 Å². The molecule has 1 heterocycles. The molecule has 0 aromatic rings. The second kappa shape index (κ2) is 3.32. The summed E-state index contributed by atoms with van der Waals surface area (Å²) in [4.78, 5) is 0. The van der Waals surface area contributed by atoms with Gasteiger partial charge < -0.3 is 9.47 Å². The minimum atomic E-state index is -0.0000463. The zero-order valence-electron chi connectivity index (χ0n) is 6.76. The molecule has 60 valence electrons. The van der Waals surface area contributed by atoms with Crippen LogP contribution in [0.15, 0.2) is 0 Å². The molecule has 0 aliphatic carbocycles. The van der Waals surface area contributed by atoms with Crippen molar-refractivity contribution >= 4 is 0 Å². The van der Waals surface area contributed by atoms with E-state index in [4.69, 9.17) is 9.47 Å². The summed E-state index contributed by atoms with van der Waals surface area (Å²) in [5.74, 6) is 0. The average molecular weight is 145 g/mol. The van der Waals surface area contributed by atoms with Gasteiger partial charge in [-0.3, -0.25) is 5.32 Å². The van der Waals surface area contributed by atoms with Crippen molar-refractivity contribution in [3.8, 4) is 0 Å². The third kappa shape index (κ3) is 2.25. The van der Waals surface area contributed by atoms with Gasteiger partial charge in [-0.05, 0) is 20.4 Å². The summed E-state index contributed by atoms with van der Waals surface area (Å²) < 4.78 is 10.5. The van der Waals surface area contributed by atoms with E-state index in [0.29, 0.717) is 0 Å². The van der Waals surface area contributed by atoms with E-state index in [1.807, 2.05) is 20.8 Å². The second-order valence-electron chi connectivity index (χ2n) is 2.67. The molecule has 1 aliphatic heterocycles. The zero-order chi connectivity index (χ0) is 7.56. The van der Waals surface area contributed by atoms with Crippen LogP contribution in [0.4, 0.5) is 0 Å². The van der Waals surface area contributed by atoms with E-state index in [2.05, 4.69) is 5.32 Å². The molecule has 1 saturated heterocycles. The first kappa shape index (κ1) is 7.98. The number of likely N-dealkylation sites (N-methyl/N-ethyl adjacent to an activating group) is 1. The van der Waals surface area contributed by atoms with E-state index in [1.165, 1.54) is 0 Å². The summed E-state index contributed by atoms with van der Waals surface area (Å²) >= 11 is 0. The predicted molar refractivity (Wildman–Crippen MR) is 38.6 cm³/mol. The monoisotopic (exact) mass is 145 g/mol. The molecule has 3 heteroatoms. The SMILES string of the molecule is CCNC1OC1OC(C)C. The number of ether oxygens (including phenoxy) is 2. The first-order valence-electron chi connectivity index (χ1n) is 3.78. The van der Waals surface area contributed by atoms with Crippen molar-refractivity contribution in [3.05, 3.63) is 0 Å². The summed E-state index contributed by atoms with van der Waals surface area (Å²) in [6.45, 7) is 6.99. The largest absolute Gasteiger partial charge is 0.346 e. The molecule has 1 aliphatic rings. The minimum absolute atomic E-state index is 0.0000463. The van der Waals surface area contributed by atoms with Crippen LogP contribution in [0, 0.1) is 0 Å². The molecule has 1 fully saturated rings. The Kier molecular flexibility index (Phi) is 2.65. The molecule has 10 heavy (non-hydrogen) atoms. The Morgan fingerprint density at radius 1 is 1.60 bits per heavy atom. The fraction of sp³-hybridized carbons (Fsp3) is 1.00. The van der Waals surface area contributed by atoms with Gasteiger partial charge in [-0.25, -0.2) is 0 Å². The number of epoxide rings is 1. The van der Waals surface area contributed by atoms with Gasteiger partial charge in [-0.2, -0.15) is 0 Å². The van der Waals surface area contributed by atoms with Gasteiger partial charge in [0.2, 0.25) is 0 Å². The molecular weight excluding hydrogens is 130 g/mol. The van der Waals surface area contributed by atoms with Crippen LogP contribution in [0.3, 0.4) is 0 Å². The number of hydrogen-bond acceptors (Lipinski definition) is 3. The molecule has 0 aromatic carbocycles. The molecule has 2 unspecified atom stereocenters. The van der Waals surface area contributed by atoms with Gasteiger partial charge in [0.25, 0.3) is 0 Å². The maximum absolute atomic E-state index is 5.34. The first-order chi connectivity index (χ1) is 4.74. The molecule has 0 amide bonds. The highest BCUT2D eigenvalue weighted by molar-refractivity contribution is 4.73. The van der Waals surface area contributed by atoms with Crippen molar-refractivity contribution in [1.82, 2.24) is 5.32 Å². The van der Waals surface area contributed by atoms with Gasteiger partial charge in [0.05, 0.1) is 6.10 Å². The summed E-state index contributed by atoms with van der Waals surface area (Å²) in [5, 5.41) is 3.13. The molecule has 2 atom stereocenters. The molecule has 0 spiro atoms. The molecule has 1 N–H and O–H groups in total. The van der Waals surface area contributed by atoms with Crippen LogP contribution in [0.1, 0.15) is 20.8 Å². The first-order valence-corrected chi connectivity index (χ1v) is 3.78. The van der Waals surface area contributed by atoms with Crippen molar-refractivity contribution in [3.63, 3.8) is 0 Å². The van der Waals surface area contributed by atoms with Crippen LogP contribution in [-0.4, -0.2) is 25.2 Å². The number of hydrogen-bond donors (Lipinski definition) is 1. The van der Waals surface area contributed by atoms with E-state index in [9.17, 15) is 0 Å². The Hall–Kier alpha value is -0.120. The van der Waals surface area contributed by atoms with Crippen LogP contribution >= 0.6 is 0 Å². The quantitative estimate of drug-likeness (QED) is 0.591. The van der Waals surface area contributed by atoms with Crippen LogP contribution in [0.25, 0.3) is 0 Å². The van der Waals surface area contributed by atoms with Crippen LogP contribution in [0.5, 0.6) is 0 Å². The molecule has 3 nitrogen and oxygen atoms in total. The Morgan fingerprint density at radius 3 is 2.80 bits per heavy atom. The van der Waals surface area contributed by atoms with Gasteiger partial charge in [-0.1, -0.05) is 6.92 Å². The fourth-order valence-corrected chi connectivity index (χ4v) is 0.816. The molecule has 0 saturated carbocycles. The van der Waals surface area contributed by atoms with E-state index < -0.39 is 0 Å². The minimum Gasteiger partial charge on any atom is -0.346 e. The highest BCUT2D eigenvalue weighted by Crippen LogP contribution is 2.21. The lowest BCUT2D eigenvalue weighted by atomic mass is 10.5. The Labute approximate surface area is 61.7 Å². The summed E-state index contributed by atoms with van der Waals surface area (Å²) in [6.07, 6.45) is 0.404. The second-order valence-corrected chi connectivity index (χ2v) is 2.67. The average Bonchev–Trinajstić information content (AvgIpc) is 2.47. The van der Waals surface area contributed by atoms with Gasteiger partial charge in [0.1, 0.15) is 0 Å². The van der Waals surface area contributed by atoms with E-state index >= 15 is 0 Å². The van der Waals surface area contributed by atoms with Gasteiger partial charge in [-0.15, -0.1) is 0 Å². The van der Waals surface area contributed by atoms with Crippen molar-refractivity contribution in [1.29, 1.82) is 0 Å². The lowest BCUT2D eigenvalue weighted by molar-refractivity contribution is 0.00796. The smallest absolute Gasteiger partial charge is 0.199 e. The Balaban J connectivity index is 2.02. The molecule has 0 aromatic heterocycles. The van der Waals surface area contributed by atoms with Gasteiger partial charge in [0, 0.05) is 0 Å². The van der Waals surface area contributed by atoms with Crippen LogP contribution in [-0.2, 0) is 9.47 Å². The third-order valence-corrected chi connectivity index (χ3v) is 1.26. The summed E-state index contributed by atoms with van der Waals surface area (Å²) in [6, 6.07) is 0. The topological polar surface area (TPSA) is 33.8 Å². The van der Waals surface area contributed by atoms with E-state index in [-0.39, 0.29) is 18.6 Å². The van der Waals surface area contributed by atoms with Crippen molar-refractivity contribution < 1.29 is 9.47 Å². The molecule has 0 bridgehead atoms. The normalized spacial score (nSPS) is 31.2. The lowest BCUT2D eigenvalue weighted by Crippen LogP contribution is -2.21. The fourth-order valence-electron chi connectivity index (χ4n) is 0.816. The van der Waals surface area contributed by atoms with E-state index in [1.54, 1.807) is 0 Å². The van der Waals surface area contributed by atoms with Gasteiger partial charge in [0.15, 0.2) is 12.5 Å². The number of rotatable bonds is 4. The highest BCUT2D eigenvalue weighted by atomic mass is 16.8. The van der Waals surface area contributed by atoms with Crippen LogP contribution < -0.4 is 5.32 Å². The van der Waals surface area contributed by atoms with E-state index in [0.717, 1.165) is 6.54 Å². The maximum Gasteiger partial charge on any atom is 0.199 e. The highest BCUT2D eigenvalue weighted by Gasteiger charge is 2.39. The van der Waals surface area contributed by atoms with Crippen molar-refractivity contribution in [2.45, 2.75) is 39.4 Å².